The van der Waals surface area contributed by atoms with Gasteiger partial charge in [-0.2, -0.15) is 0 Å². The standard InChI is InChI=1S/C24H21ClN2O4S/c1-3-30-18-11-10-16(14-19(18)31-4-2)26-22-21(20-9-6-12-32-20)23(28)27(24(22)29)17-8-5-7-15(25)13-17/h5-14,26H,3-4H2,1-2H3. The molecular formula is C24H21ClN2O4S. The monoisotopic (exact) mass is 468 g/mol. The summed E-state index contributed by atoms with van der Waals surface area (Å²) < 4.78 is 11.3. The number of carbonyl (C=O) groups excluding carboxylic acids is 2. The van der Waals surface area contributed by atoms with E-state index in [1.54, 1.807) is 42.5 Å². The number of rotatable bonds is 8. The Hall–Kier alpha value is -3.29. The van der Waals surface area contributed by atoms with E-state index in [0.29, 0.717) is 51.6 Å². The average Bonchev–Trinajstić information content (AvgIpc) is 3.37. The first-order chi connectivity index (χ1) is 15.5. The Labute approximate surface area is 195 Å². The number of thiophene rings is 1. The van der Waals surface area contributed by atoms with E-state index in [2.05, 4.69) is 5.32 Å². The van der Waals surface area contributed by atoms with Gasteiger partial charge in [-0.05, 0) is 55.6 Å². The zero-order valence-corrected chi connectivity index (χ0v) is 19.1. The quantitative estimate of drug-likeness (QED) is 0.436. The lowest BCUT2D eigenvalue weighted by molar-refractivity contribution is -0.120. The number of hydrogen-bond acceptors (Lipinski definition) is 6. The van der Waals surface area contributed by atoms with Gasteiger partial charge in [0.25, 0.3) is 11.8 Å². The summed E-state index contributed by atoms with van der Waals surface area (Å²) in [6.07, 6.45) is 0. The van der Waals surface area contributed by atoms with Crippen molar-refractivity contribution in [3.8, 4) is 11.5 Å². The third kappa shape index (κ3) is 4.22. The van der Waals surface area contributed by atoms with E-state index in [4.69, 9.17) is 21.1 Å². The topological polar surface area (TPSA) is 67.9 Å². The smallest absolute Gasteiger partial charge is 0.282 e. The van der Waals surface area contributed by atoms with Gasteiger partial charge in [-0.15, -0.1) is 11.3 Å². The molecule has 2 heterocycles. The first-order valence-corrected chi connectivity index (χ1v) is 11.4. The highest BCUT2D eigenvalue weighted by atomic mass is 35.5. The molecule has 0 aliphatic carbocycles. The number of amides is 2. The summed E-state index contributed by atoms with van der Waals surface area (Å²) in [5.74, 6) is 0.313. The summed E-state index contributed by atoms with van der Waals surface area (Å²) in [7, 11) is 0. The molecule has 0 spiro atoms. The molecule has 1 aromatic heterocycles. The molecule has 0 fully saturated rings. The maximum absolute atomic E-state index is 13.4. The van der Waals surface area contributed by atoms with Crippen molar-refractivity contribution in [1.29, 1.82) is 0 Å². The van der Waals surface area contributed by atoms with Gasteiger partial charge in [0.15, 0.2) is 11.5 Å². The van der Waals surface area contributed by atoms with Crippen LogP contribution in [0.3, 0.4) is 0 Å². The van der Waals surface area contributed by atoms with Crippen molar-refractivity contribution in [1.82, 2.24) is 0 Å². The fourth-order valence-electron chi connectivity index (χ4n) is 3.42. The van der Waals surface area contributed by atoms with Crippen molar-refractivity contribution in [3.05, 3.63) is 75.6 Å². The second-order valence-electron chi connectivity index (χ2n) is 6.81. The van der Waals surface area contributed by atoms with Crippen LogP contribution in [-0.4, -0.2) is 25.0 Å². The first kappa shape index (κ1) is 21.9. The predicted molar refractivity (Wildman–Crippen MR) is 128 cm³/mol. The Kier molecular flexibility index (Phi) is 6.48. The van der Waals surface area contributed by atoms with E-state index in [0.717, 1.165) is 4.90 Å². The van der Waals surface area contributed by atoms with Gasteiger partial charge in [0.05, 0.1) is 24.5 Å². The highest BCUT2D eigenvalue weighted by molar-refractivity contribution is 7.11. The van der Waals surface area contributed by atoms with Crippen LogP contribution in [0.5, 0.6) is 11.5 Å². The molecule has 32 heavy (non-hydrogen) atoms. The third-order valence-corrected chi connectivity index (χ3v) is 5.85. The van der Waals surface area contributed by atoms with Crippen LogP contribution in [0.1, 0.15) is 18.7 Å². The van der Waals surface area contributed by atoms with Crippen LogP contribution < -0.4 is 19.7 Å². The summed E-state index contributed by atoms with van der Waals surface area (Å²) in [4.78, 5) is 28.6. The molecule has 2 aromatic carbocycles. The Morgan fingerprint density at radius 3 is 2.41 bits per heavy atom. The molecule has 1 N–H and O–H groups in total. The van der Waals surface area contributed by atoms with Crippen LogP contribution in [0.4, 0.5) is 11.4 Å². The van der Waals surface area contributed by atoms with Crippen molar-refractivity contribution in [2.75, 3.05) is 23.4 Å². The summed E-state index contributed by atoms with van der Waals surface area (Å²) in [6.45, 7) is 4.75. The number of ether oxygens (including phenoxy) is 2. The largest absolute Gasteiger partial charge is 0.490 e. The summed E-state index contributed by atoms with van der Waals surface area (Å²) in [5, 5.41) is 5.45. The first-order valence-electron chi connectivity index (χ1n) is 10.1. The Bertz CT molecular complexity index is 1190. The molecule has 8 heteroatoms. The normalized spacial score (nSPS) is 13.7. The lowest BCUT2D eigenvalue weighted by atomic mass is 10.1. The van der Waals surface area contributed by atoms with Gasteiger partial charge in [-0.25, -0.2) is 4.90 Å². The Balaban J connectivity index is 1.75. The third-order valence-electron chi connectivity index (χ3n) is 4.73. The van der Waals surface area contributed by atoms with Crippen LogP contribution in [0.2, 0.25) is 5.02 Å². The zero-order valence-electron chi connectivity index (χ0n) is 17.6. The van der Waals surface area contributed by atoms with E-state index < -0.39 is 11.8 Å². The van der Waals surface area contributed by atoms with Crippen molar-refractivity contribution in [2.24, 2.45) is 0 Å². The zero-order chi connectivity index (χ0) is 22.7. The molecule has 0 radical (unpaired) electrons. The van der Waals surface area contributed by atoms with Gasteiger partial charge in [0.2, 0.25) is 0 Å². The number of hydrogen-bond donors (Lipinski definition) is 1. The molecular weight excluding hydrogens is 448 g/mol. The maximum Gasteiger partial charge on any atom is 0.282 e. The highest BCUT2D eigenvalue weighted by Gasteiger charge is 2.40. The SMILES string of the molecule is CCOc1ccc(NC2=C(c3cccs3)C(=O)N(c3cccc(Cl)c3)C2=O)cc1OCC. The minimum absolute atomic E-state index is 0.198. The van der Waals surface area contributed by atoms with Crippen LogP contribution >= 0.6 is 22.9 Å². The van der Waals surface area contributed by atoms with Crippen LogP contribution in [0, 0.1) is 0 Å². The molecule has 0 saturated heterocycles. The molecule has 2 amide bonds. The number of benzene rings is 2. The summed E-state index contributed by atoms with van der Waals surface area (Å²) in [5.41, 5.74) is 1.54. The molecule has 164 valence electrons. The number of nitrogens with one attached hydrogen (secondary N) is 1. The second-order valence-corrected chi connectivity index (χ2v) is 8.19. The van der Waals surface area contributed by atoms with Crippen LogP contribution in [0.15, 0.2) is 65.7 Å². The van der Waals surface area contributed by atoms with Gasteiger partial charge in [0.1, 0.15) is 5.70 Å². The molecule has 0 unspecified atom stereocenters. The number of anilines is 2. The number of imide groups is 1. The minimum Gasteiger partial charge on any atom is -0.490 e. The number of halogens is 1. The molecule has 1 aliphatic heterocycles. The Morgan fingerprint density at radius 1 is 0.938 bits per heavy atom. The van der Waals surface area contributed by atoms with Crippen LogP contribution in [-0.2, 0) is 9.59 Å². The molecule has 3 aromatic rings. The van der Waals surface area contributed by atoms with E-state index in [1.165, 1.54) is 11.3 Å². The van der Waals surface area contributed by atoms with Gasteiger partial charge in [-0.1, -0.05) is 23.7 Å². The molecule has 0 atom stereocenters. The van der Waals surface area contributed by atoms with Crippen LogP contribution in [0.25, 0.3) is 5.57 Å². The lowest BCUT2D eigenvalue weighted by Crippen LogP contribution is -2.32. The maximum atomic E-state index is 13.4. The van der Waals surface area contributed by atoms with Crippen molar-refractivity contribution >= 4 is 51.7 Å². The fourth-order valence-corrected chi connectivity index (χ4v) is 4.37. The minimum atomic E-state index is -0.451. The van der Waals surface area contributed by atoms with E-state index in [9.17, 15) is 9.59 Å². The van der Waals surface area contributed by atoms with E-state index >= 15 is 0 Å². The van der Waals surface area contributed by atoms with Crippen molar-refractivity contribution < 1.29 is 19.1 Å². The summed E-state index contributed by atoms with van der Waals surface area (Å²) in [6, 6.07) is 15.6. The average molecular weight is 469 g/mol. The lowest BCUT2D eigenvalue weighted by Gasteiger charge is -2.16. The predicted octanol–water partition coefficient (Wildman–Crippen LogP) is 5.60. The van der Waals surface area contributed by atoms with Crippen molar-refractivity contribution in [3.63, 3.8) is 0 Å². The molecule has 0 saturated carbocycles. The Morgan fingerprint density at radius 2 is 1.72 bits per heavy atom. The van der Waals surface area contributed by atoms with Gasteiger partial charge in [0, 0.05) is 21.7 Å². The molecule has 0 bridgehead atoms. The van der Waals surface area contributed by atoms with Gasteiger partial charge < -0.3 is 14.8 Å². The number of nitrogens with zero attached hydrogens (tertiary/aromatic N) is 1. The number of carbonyl (C=O) groups is 2. The van der Waals surface area contributed by atoms with E-state index in [-0.39, 0.29) is 5.70 Å². The molecule has 4 rings (SSSR count). The molecule has 1 aliphatic rings. The van der Waals surface area contributed by atoms with Crippen molar-refractivity contribution in [2.45, 2.75) is 13.8 Å². The van der Waals surface area contributed by atoms with Gasteiger partial charge >= 0.3 is 0 Å². The highest BCUT2D eigenvalue weighted by Crippen LogP contribution is 2.37. The fraction of sp³-hybridized carbons (Fsp3) is 0.167. The summed E-state index contributed by atoms with van der Waals surface area (Å²) >= 11 is 7.50. The second kappa shape index (κ2) is 9.46. The molecule has 6 nitrogen and oxygen atoms in total. The van der Waals surface area contributed by atoms with Gasteiger partial charge in [-0.3, -0.25) is 9.59 Å². The van der Waals surface area contributed by atoms with E-state index in [1.807, 2.05) is 31.4 Å².